The molecule has 0 bridgehead atoms. The number of amides is 2. The summed E-state index contributed by atoms with van der Waals surface area (Å²) in [5.74, 6) is -1.27. The monoisotopic (exact) mass is 366 g/mol. The Morgan fingerprint density at radius 2 is 2.17 bits per heavy atom. The topological polar surface area (TPSA) is 81.4 Å². The van der Waals surface area contributed by atoms with Crippen LogP contribution in [-0.2, 0) is 9.53 Å². The second kappa shape index (κ2) is 7.27. The first-order chi connectivity index (χ1) is 8.50. The Morgan fingerprint density at radius 1 is 1.44 bits per heavy atom. The second-order valence-corrected chi connectivity index (χ2v) is 4.56. The molecule has 18 heavy (non-hydrogen) atoms. The van der Waals surface area contributed by atoms with Gasteiger partial charge in [-0.1, -0.05) is 0 Å². The standard InChI is InChI=1S/C11H12FIN2O3/c12-7-1-2-8(9(13)5-7)11(17)15-3-4-18-6-10(14)16/h1-2,5H,3-4,6H2,(H2,14,16)(H,15,17). The molecule has 0 heterocycles. The third-order valence-electron chi connectivity index (χ3n) is 1.95. The van der Waals surface area contributed by atoms with E-state index in [4.69, 9.17) is 10.5 Å². The van der Waals surface area contributed by atoms with Crippen molar-refractivity contribution in [3.05, 3.63) is 33.1 Å². The average molecular weight is 366 g/mol. The minimum absolute atomic E-state index is 0.177. The summed E-state index contributed by atoms with van der Waals surface area (Å²) in [6, 6.07) is 3.91. The van der Waals surface area contributed by atoms with Gasteiger partial charge in [-0.05, 0) is 40.8 Å². The lowest BCUT2D eigenvalue weighted by Crippen LogP contribution is -2.29. The molecule has 98 valence electrons. The normalized spacial score (nSPS) is 10.1. The lowest BCUT2D eigenvalue weighted by Gasteiger charge is -2.07. The van der Waals surface area contributed by atoms with Crippen LogP contribution < -0.4 is 11.1 Å². The molecule has 0 fully saturated rings. The van der Waals surface area contributed by atoms with Gasteiger partial charge in [0.2, 0.25) is 5.91 Å². The highest BCUT2D eigenvalue weighted by molar-refractivity contribution is 14.1. The van der Waals surface area contributed by atoms with Crippen molar-refractivity contribution in [3.63, 3.8) is 0 Å². The molecule has 0 saturated heterocycles. The van der Waals surface area contributed by atoms with Crippen LogP contribution in [0.25, 0.3) is 0 Å². The maximum Gasteiger partial charge on any atom is 0.252 e. The molecule has 0 aromatic heterocycles. The van der Waals surface area contributed by atoms with Crippen LogP contribution in [0.3, 0.4) is 0 Å². The van der Waals surface area contributed by atoms with Crippen LogP contribution in [0, 0.1) is 9.39 Å². The predicted molar refractivity (Wildman–Crippen MR) is 71.5 cm³/mol. The fourth-order valence-corrected chi connectivity index (χ4v) is 1.90. The molecule has 0 aliphatic rings. The number of benzene rings is 1. The molecule has 0 spiro atoms. The van der Waals surface area contributed by atoms with Crippen LogP contribution in [0.2, 0.25) is 0 Å². The highest BCUT2D eigenvalue weighted by atomic mass is 127. The van der Waals surface area contributed by atoms with Crippen molar-refractivity contribution in [2.45, 2.75) is 0 Å². The summed E-state index contributed by atoms with van der Waals surface area (Å²) in [5.41, 5.74) is 5.27. The zero-order valence-corrected chi connectivity index (χ0v) is 11.6. The summed E-state index contributed by atoms with van der Waals surface area (Å²) >= 11 is 1.89. The molecule has 5 nitrogen and oxygen atoms in total. The van der Waals surface area contributed by atoms with Gasteiger partial charge in [-0.25, -0.2) is 4.39 Å². The number of ether oxygens (including phenoxy) is 1. The van der Waals surface area contributed by atoms with E-state index in [9.17, 15) is 14.0 Å². The van der Waals surface area contributed by atoms with E-state index >= 15 is 0 Å². The van der Waals surface area contributed by atoms with E-state index in [2.05, 4.69) is 5.32 Å². The summed E-state index contributed by atoms with van der Waals surface area (Å²) in [7, 11) is 0. The molecular weight excluding hydrogens is 354 g/mol. The molecule has 7 heteroatoms. The minimum atomic E-state index is -0.561. The van der Waals surface area contributed by atoms with Gasteiger partial charge in [0.05, 0.1) is 12.2 Å². The quantitative estimate of drug-likeness (QED) is 0.574. The Kier molecular flexibility index (Phi) is 5.99. The van der Waals surface area contributed by atoms with Gasteiger partial charge in [0.25, 0.3) is 5.91 Å². The molecule has 3 N–H and O–H groups in total. The van der Waals surface area contributed by atoms with Crippen molar-refractivity contribution >= 4 is 34.4 Å². The Hall–Kier alpha value is -1.22. The molecular formula is C11H12FIN2O3. The van der Waals surface area contributed by atoms with E-state index in [0.717, 1.165) is 0 Å². The molecule has 1 rings (SSSR count). The molecule has 0 unspecified atom stereocenters. The van der Waals surface area contributed by atoms with Gasteiger partial charge in [-0.3, -0.25) is 9.59 Å². The first-order valence-electron chi connectivity index (χ1n) is 5.10. The summed E-state index contributed by atoms with van der Waals surface area (Å²) in [6.07, 6.45) is 0. The van der Waals surface area contributed by atoms with E-state index in [1.807, 2.05) is 22.6 Å². The third-order valence-corrected chi connectivity index (χ3v) is 2.84. The van der Waals surface area contributed by atoms with E-state index in [0.29, 0.717) is 9.13 Å². The number of hydrogen-bond donors (Lipinski definition) is 2. The van der Waals surface area contributed by atoms with Crippen molar-refractivity contribution in [1.82, 2.24) is 5.32 Å². The molecule has 2 amide bonds. The highest BCUT2D eigenvalue weighted by Gasteiger charge is 2.09. The van der Waals surface area contributed by atoms with Gasteiger partial charge in [-0.2, -0.15) is 0 Å². The molecule has 0 saturated carbocycles. The van der Waals surface area contributed by atoms with Crippen LogP contribution in [0.15, 0.2) is 18.2 Å². The molecule has 1 aromatic rings. The van der Waals surface area contributed by atoms with Gasteiger partial charge in [0, 0.05) is 10.1 Å². The van der Waals surface area contributed by atoms with Crippen LogP contribution in [0.4, 0.5) is 4.39 Å². The van der Waals surface area contributed by atoms with Crippen molar-refractivity contribution in [3.8, 4) is 0 Å². The number of hydrogen-bond acceptors (Lipinski definition) is 3. The SMILES string of the molecule is NC(=O)COCCNC(=O)c1ccc(F)cc1I. The zero-order chi connectivity index (χ0) is 13.5. The third kappa shape index (κ3) is 4.96. The average Bonchev–Trinajstić information content (AvgIpc) is 2.27. The summed E-state index contributed by atoms with van der Waals surface area (Å²) in [6.45, 7) is 0.260. The van der Waals surface area contributed by atoms with E-state index in [1.54, 1.807) is 0 Å². The van der Waals surface area contributed by atoms with Crippen molar-refractivity contribution in [2.75, 3.05) is 19.8 Å². The smallest absolute Gasteiger partial charge is 0.252 e. The largest absolute Gasteiger partial charge is 0.370 e. The number of carbonyl (C=O) groups excluding carboxylic acids is 2. The Bertz CT molecular complexity index is 454. The first kappa shape index (κ1) is 14.8. The predicted octanol–water partition coefficient (Wildman–Crippen LogP) is 0.662. The van der Waals surface area contributed by atoms with Gasteiger partial charge in [0.15, 0.2) is 0 Å². The van der Waals surface area contributed by atoms with Crippen molar-refractivity contribution in [2.24, 2.45) is 5.73 Å². The van der Waals surface area contributed by atoms with Crippen molar-refractivity contribution in [1.29, 1.82) is 0 Å². The number of carbonyl (C=O) groups is 2. The van der Waals surface area contributed by atoms with Crippen molar-refractivity contribution < 1.29 is 18.7 Å². The summed E-state index contributed by atoms with van der Waals surface area (Å²) in [4.78, 5) is 22.1. The van der Waals surface area contributed by atoms with Gasteiger partial charge >= 0.3 is 0 Å². The van der Waals surface area contributed by atoms with Crippen LogP contribution in [0.1, 0.15) is 10.4 Å². The summed E-state index contributed by atoms with van der Waals surface area (Å²) < 4.78 is 18.2. The van der Waals surface area contributed by atoms with Crippen LogP contribution in [-0.4, -0.2) is 31.6 Å². The molecule has 0 aliphatic carbocycles. The molecule has 0 radical (unpaired) electrons. The zero-order valence-electron chi connectivity index (χ0n) is 9.41. The number of rotatable bonds is 6. The van der Waals surface area contributed by atoms with Gasteiger partial charge in [0.1, 0.15) is 12.4 Å². The molecule has 0 atom stereocenters. The number of halogens is 2. The fraction of sp³-hybridized carbons (Fsp3) is 0.273. The first-order valence-corrected chi connectivity index (χ1v) is 6.18. The number of nitrogens with two attached hydrogens (primary N) is 1. The molecule has 0 aliphatic heterocycles. The Labute approximate surface area is 117 Å². The van der Waals surface area contributed by atoms with Crippen LogP contribution in [0.5, 0.6) is 0 Å². The Morgan fingerprint density at radius 3 is 2.78 bits per heavy atom. The Balaban J connectivity index is 2.39. The highest BCUT2D eigenvalue weighted by Crippen LogP contribution is 2.13. The minimum Gasteiger partial charge on any atom is -0.370 e. The fourth-order valence-electron chi connectivity index (χ4n) is 1.18. The second-order valence-electron chi connectivity index (χ2n) is 3.40. The number of nitrogens with one attached hydrogen (secondary N) is 1. The lowest BCUT2D eigenvalue weighted by atomic mass is 10.2. The number of primary amides is 1. The summed E-state index contributed by atoms with van der Waals surface area (Å²) in [5, 5.41) is 2.59. The van der Waals surface area contributed by atoms with E-state index in [-0.39, 0.29) is 31.5 Å². The lowest BCUT2D eigenvalue weighted by molar-refractivity contribution is -0.122. The van der Waals surface area contributed by atoms with E-state index < -0.39 is 5.91 Å². The molecule has 1 aromatic carbocycles. The van der Waals surface area contributed by atoms with Gasteiger partial charge in [-0.15, -0.1) is 0 Å². The maximum absolute atomic E-state index is 12.8. The maximum atomic E-state index is 12.8. The van der Waals surface area contributed by atoms with Crippen LogP contribution >= 0.6 is 22.6 Å². The van der Waals surface area contributed by atoms with E-state index in [1.165, 1.54) is 18.2 Å². The van der Waals surface area contributed by atoms with Gasteiger partial charge < -0.3 is 15.8 Å².